The van der Waals surface area contributed by atoms with Crippen molar-refractivity contribution in [2.24, 2.45) is 5.92 Å². The predicted molar refractivity (Wildman–Crippen MR) is 84.5 cm³/mol. The van der Waals surface area contributed by atoms with Crippen LogP contribution in [0.15, 0.2) is 58.6 Å². The first-order chi connectivity index (χ1) is 10.2. The maximum absolute atomic E-state index is 12.4. The molecule has 1 aliphatic carbocycles. The lowest BCUT2D eigenvalue weighted by molar-refractivity contribution is 0.0932. The fourth-order valence-corrected chi connectivity index (χ4v) is 3.14. The van der Waals surface area contributed by atoms with E-state index in [4.69, 9.17) is 0 Å². The van der Waals surface area contributed by atoms with Crippen molar-refractivity contribution in [3.63, 3.8) is 0 Å². The number of carbonyl (C=O) groups is 1. The van der Waals surface area contributed by atoms with Crippen LogP contribution in [0.4, 0.5) is 0 Å². The van der Waals surface area contributed by atoms with E-state index in [0.717, 1.165) is 9.92 Å². The zero-order valence-electron chi connectivity index (χ0n) is 12.0. The Balaban J connectivity index is 1.77. The highest BCUT2D eigenvalue weighted by Gasteiger charge is 2.29. The average Bonchev–Trinajstić information content (AvgIpc) is 3.33. The van der Waals surface area contributed by atoms with Gasteiger partial charge in [-0.25, -0.2) is 4.98 Å². The molecular weight excluding hydrogens is 280 g/mol. The third-order valence-corrected chi connectivity index (χ3v) is 4.69. The summed E-state index contributed by atoms with van der Waals surface area (Å²) in [6, 6.07) is 13.9. The number of rotatable bonds is 5. The molecule has 0 radical (unpaired) electrons. The summed E-state index contributed by atoms with van der Waals surface area (Å²) in [6.45, 7) is 2.08. The first-order valence-electron chi connectivity index (χ1n) is 7.23. The lowest BCUT2D eigenvalue weighted by Gasteiger charge is -2.14. The summed E-state index contributed by atoms with van der Waals surface area (Å²) in [5.41, 5.74) is 0.652. The molecule has 1 aromatic carbocycles. The van der Waals surface area contributed by atoms with Crippen molar-refractivity contribution in [1.82, 2.24) is 10.3 Å². The van der Waals surface area contributed by atoms with E-state index in [1.54, 1.807) is 6.20 Å². The van der Waals surface area contributed by atoms with Crippen molar-refractivity contribution in [3.05, 3.63) is 54.2 Å². The van der Waals surface area contributed by atoms with Crippen LogP contribution in [0.1, 0.15) is 30.1 Å². The molecule has 1 N–H and O–H groups in total. The molecule has 1 atom stereocenters. The second kappa shape index (κ2) is 6.31. The first kappa shape index (κ1) is 14.1. The molecule has 1 aromatic heterocycles. The van der Waals surface area contributed by atoms with Gasteiger partial charge in [0.15, 0.2) is 0 Å². The highest BCUT2D eigenvalue weighted by molar-refractivity contribution is 7.99. The van der Waals surface area contributed by atoms with E-state index >= 15 is 0 Å². The quantitative estimate of drug-likeness (QED) is 0.914. The largest absolute Gasteiger partial charge is 0.349 e. The second-order valence-corrected chi connectivity index (χ2v) is 6.43. The Morgan fingerprint density at radius 2 is 2.00 bits per heavy atom. The fraction of sp³-hybridized carbons (Fsp3) is 0.294. The molecule has 0 aliphatic heterocycles. The highest BCUT2D eigenvalue weighted by atomic mass is 32.2. The molecule has 1 heterocycles. The number of pyridine rings is 1. The maximum Gasteiger partial charge on any atom is 0.254 e. The van der Waals surface area contributed by atoms with Gasteiger partial charge < -0.3 is 5.32 Å². The minimum atomic E-state index is -0.0269. The molecule has 3 nitrogen and oxygen atoms in total. The molecule has 1 unspecified atom stereocenters. The minimum Gasteiger partial charge on any atom is -0.349 e. The molecule has 1 saturated carbocycles. The zero-order chi connectivity index (χ0) is 14.7. The molecule has 1 aliphatic rings. The highest BCUT2D eigenvalue weighted by Crippen LogP contribution is 2.33. The van der Waals surface area contributed by atoms with Crippen LogP contribution in [0.5, 0.6) is 0 Å². The number of benzene rings is 1. The van der Waals surface area contributed by atoms with E-state index in [1.807, 2.05) is 42.5 Å². The molecule has 0 bridgehead atoms. The van der Waals surface area contributed by atoms with Crippen molar-refractivity contribution in [3.8, 4) is 0 Å². The fourth-order valence-electron chi connectivity index (χ4n) is 2.24. The molecule has 2 aromatic rings. The minimum absolute atomic E-state index is 0.0269. The van der Waals surface area contributed by atoms with Gasteiger partial charge >= 0.3 is 0 Å². The third-order valence-electron chi connectivity index (χ3n) is 3.66. The average molecular weight is 298 g/mol. The van der Waals surface area contributed by atoms with E-state index in [-0.39, 0.29) is 11.9 Å². The van der Waals surface area contributed by atoms with Crippen molar-refractivity contribution in [1.29, 1.82) is 0 Å². The van der Waals surface area contributed by atoms with Crippen LogP contribution in [0, 0.1) is 5.92 Å². The maximum atomic E-state index is 12.4. The Kier molecular flexibility index (Phi) is 4.25. The number of aromatic nitrogens is 1. The molecule has 21 heavy (non-hydrogen) atoms. The summed E-state index contributed by atoms with van der Waals surface area (Å²) in [7, 11) is 0. The molecule has 4 heteroatoms. The first-order valence-corrected chi connectivity index (χ1v) is 8.04. The summed E-state index contributed by atoms with van der Waals surface area (Å²) < 4.78 is 0. The molecule has 0 saturated heterocycles. The van der Waals surface area contributed by atoms with E-state index in [2.05, 4.69) is 17.2 Å². The summed E-state index contributed by atoms with van der Waals surface area (Å²) in [6.07, 6.45) is 4.17. The van der Waals surface area contributed by atoms with Gasteiger partial charge in [-0.05, 0) is 49.9 Å². The van der Waals surface area contributed by atoms with Crippen LogP contribution < -0.4 is 5.32 Å². The molecule has 108 valence electrons. The third kappa shape index (κ3) is 3.64. The van der Waals surface area contributed by atoms with Gasteiger partial charge in [0.1, 0.15) is 5.03 Å². The Bertz CT molecular complexity index is 626. The topological polar surface area (TPSA) is 42.0 Å². The molecule has 3 rings (SSSR count). The number of hydrogen-bond acceptors (Lipinski definition) is 3. The standard InChI is InChI=1S/C17H18N2OS/c1-12(13-9-10-13)19-16(20)15-8-5-11-18-17(15)21-14-6-3-2-4-7-14/h2-8,11-13H,9-10H2,1H3,(H,19,20). The van der Waals surface area contributed by atoms with E-state index < -0.39 is 0 Å². The van der Waals surface area contributed by atoms with Crippen LogP contribution in [0.3, 0.4) is 0 Å². The normalized spacial score (nSPS) is 15.5. The summed E-state index contributed by atoms with van der Waals surface area (Å²) >= 11 is 1.52. The Morgan fingerprint density at radius 3 is 2.71 bits per heavy atom. The van der Waals surface area contributed by atoms with Crippen LogP contribution in [-0.4, -0.2) is 16.9 Å². The molecule has 1 fully saturated rings. The monoisotopic (exact) mass is 298 g/mol. The van der Waals surface area contributed by atoms with Crippen molar-refractivity contribution >= 4 is 17.7 Å². The van der Waals surface area contributed by atoms with Crippen molar-refractivity contribution < 1.29 is 4.79 Å². The van der Waals surface area contributed by atoms with Gasteiger partial charge in [-0.1, -0.05) is 30.0 Å². The molecule has 1 amide bonds. The van der Waals surface area contributed by atoms with E-state index in [1.165, 1.54) is 24.6 Å². The van der Waals surface area contributed by atoms with E-state index in [0.29, 0.717) is 11.5 Å². The smallest absolute Gasteiger partial charge is 0.254 e. The lowest BCUT2D eigenvalue weighted by Crippen LogP contribution is -2.34. The number of nitrogens with one attached hydrogen (secondary N) is 1. The van der Waals surface area contributed by atoms with Gasteiger partial charge in [-0.2, -0.15) is 0 Å². The van der Waals surface area contributed by atoms with Gasteiger partial charge in [0.25, 0.3) is 5.91 Å². The van der Waals surface area contributed by atoms with E-state index in [9.17, 15) is 4.79 Å². The molecule has 0 spiro atoms. The zero-order valence-corrected chi connectivity index (χ0v) is 12.8. The van der Waals surface area contributed by atoms with Gasteiger partial charge in [0.05, 0.1) is 5.56 Å². The SMILES string of the molecule is CC(NC(=O)c1cccnc1Sc1ccccc1)C1CC1. The van der Waals surface area contributed by atoms with Crippen LogP contribution in [-0.2, 0) is 0 Å². The van der Waals surface area contributed by atoms with Crippen LogP contribution >= 0.6 is 11.8 Å². The predicted octanol–water partition coefficient (Wildman–Crippen LogP) is 3.76. The molecular formula is C17H18N2OS. The van der Waals surface area contributed by atoms with Crippen LogP contribution in [0.25, 0.3) is 0 Å². The summed E-state index contributed by atoms with van der Waals surface area (Å²) in [5, 5.41) is 3.85. The lowest BCUT2D eigenvalue weighted by atomic mass is 10.2. The van der Waals surface area contributed by atoms with Gasteiger partial charge in [0, 0.05) is 17.1 Å². The summed E-state index contributed by atoms with van der Waals surface area (Å²) in [5.74, 6) is 0.622. The van der Waals surface area contributed by atoms with Gasteiger partial charge in [-0.3, -0.25) is 4.79 Å². The number of hydrogen-bond donors (Lipinski definition) is 1. The summed E-state index contributed by atoms with van der Waals surface area (Å²) in [4.78, 5) is 17.9. The number of carbonyl (C=O) groups excluding carboxylic acids is 1. The Morgan fingerprint density at radius 1 is 1.24 bits per heavy atom. The Hall–Kier alpha value is -1.81. The number of nitrogens with zero attached hydrogens (tertiary/aromatic N) is 1. The van der Waals surface area contributed by atoms with Gasteiger partial charge in [0.2, 0.25) is 0 Å². The van der Waals surface area contributed by atoms with Crippen LogP contribution in [0.2, 0.25) is 0 Å². The van der Waals surface area contributed by atoms with Crippen molar-refractivity contribution in [2.45, 2.75) is 35.7 Å². The second-order valence-electron chi connectivity index (χ2n) is 5.37. The van der Waals surface area contributed by atoms with Gasteiger partial charge in [-0.15, -0.1) is 0 Å². The number of amides is 1. The van der Waals surface area contributed by atoms with Crippen molar-refractivity contribution in [2.75, 3.05) is 0 Å². The Labute approximate surface area is 129 Å².